The first-order valence-corrected chi connectivity index (χ1v) is 9.33. The third kappa shape index (κ3) is 2.59. The average Bonchev–Trinajstić information content (AvgIpc) is 3.21. The smallest absolute Gasteiger partial charge is 0.255 e. The van der Waals surface area contributed by atoms with E-state index in [2.05, 4.69) is 17.2 Å². The van der Waals surface area contributed by atoms with Gasteiger partial charge in [-0.2, -0.15) is 0 Å². The lowest BCUT2D eigenvalue weighted by Gasteiger charge is -2.34. The molecule has 0 saturated carbocycles. The molecule has 2 atom stereocenters. The Hall–Kier alpha value is -2.89. The van der Waals surface area contributed by atoms with Gasteiger partial charge in [0, 0.05) is 24.5 Å². The van der Waals surface area contributed by atoms with Crippen molar-refractivity contribution in [3.05, 3.63) is 53.7 Å². The molecule has 1 saturated heterocycles. The van der Waals surface area contributed by atoms with Crippen molar-refractivity contribution in [2.75, 3.05) is 19.0 Å². The first-order valence-electron chi connectivity index (χ1n) is 9.33. The molecular weight excluding hydrogens is 342 g/mol. The zero-order valence-electron chi connectivity index (χ0n) is 15.6. The van der Waals surface area contributed by atoms with Crippen molar-refractivity contribution >= 4 is 17.5 Å². The highest BCUT2D eigenvalue weighted by Crippen LogP contribution is 2.49. The first kappa shape index (κ1) is 17.5. The maximum absolute atomic E-state index is 13.2. The van der Waals surface area contributed by atoms with Gasteiger partial charge in [0.2, 0.25) is 11.8 Å². The summed E-state index contributed by atoms with van der Waals surface area (Å²) >= 11 is 0. The number of amides is 2. The van der Waals surface area contributed by atoms with Crippen molar-refractivity contribution in [2.24, 2.45) is 0 Å². The van der Waals surface area contributed by atoms with E-state index in [1.165, 1.54) is 6.20 Å². The quantitative estimate of drug-likeness (QED) is 0.904. The second kappa shape index (κ2) is 6.68. The zero-order chi connectivity index (χ0) is 19.0. The average molecular weight is 365 g/mol. The van der Waals surface area contributed by atoms with Crippen LogP contribution in [0.4, 0.5) is 5.69 Å². The first-order chi connectivity index (χ1) is 13.1. The molecule has 1 N–H and O–H groups in total. The topological polar surface area (TPSA) is 71.5 Å². The molecule has 1 aromatic carbocycles. The summed E-state index contributed by atoms with van der Waals surface area (Å²) < 4.78 is 5.07. The number of carbonyl (C=O) groups is 2. The minimum atomic E-state index is -0.665. The number of anilines is 1. The van der Waals surface area contributed by atoms with E-state index in [1.54, 1.807) is 19.2 Å². The highest BCUT2D eigenvalue weighted by atomic mass is 16.5. The van der Waals surface area contributed by atoms with Crippen LogP contribution in [-0.4, -0.2) is 41.4 Å². The largest absolute Gasteiger partial charge is 0.481 e. The van der Waals surface area contributed by atoms with Gasteiger partial charge in [0.1, 0.15) is 0 Å². The molecule has 0 radical (unpaired) electrons. The van der Waals surface area contributed by atoms with Gasteiger partial charge in [-0.05, 0) is 30.5 Å². The Kier molecular flexibility index (Phi) is 4.34. The molecule has 2 aliphatic heterocycles. The van der Waals surface area contributed by atoms with Gasteiger partial charge in [0.25, 0.3) is 5.91 Å². The van der Waals surface area contributed by atoms with Crippen molar-refractivity contribution in [1.82, 2.24) is 9.88 Å². The van der Waals surface area contributed by atoms with Crippen LogP contribution in [0.25, 0.3) is 0 Å². The Bertz CT molecular complexity index is 880. The fraction of sp³-hybridized carbons (Fsp3) is 0.381. The molecule has 6 heteroatoms. The number of methoxy groups -OCH3 is 1. The maximum atomic E-state index is 13.2. The third-order valence-corrected chi connectivity index (χ3v) is 5.77. The SMILES string of the molecule is CCC[C@@H]1N(C(=O)c2ccc(OC)nc2)CC[C@]12C(=O)Nc1ccccc12. The normalized spacial score (nSPS) is 23.4. The van der Waals surface area contributed by atoms with Crippen molar-refractivity contribution in [1.29, 1.82) is 0 Å². The third-order valence-electron chi connectivity index (χ3n) is 5.77. The van der Waals surface area contributed by atoms with Crippen molar-refractivity contribution in [3.8, 4) is 5.88 Å². The van der Waals surface area contributed by atoms with Crippen LogP contribution in [0.5, 0.6) is 5.88 Å². The van der Waals surface area contributed by atoms with Gasteiger partial charge in [-0.1, -0.05) is 31.5 Å². The van der Waals surface area contributed by atoms with E-state index in [4.69, 9.17) is 4.74 Å². The van der Waals surface area contributed by atoms with Gasteiger partial charge in [-0.15, -0.1) is 0 Å². The molecule has 4 rings (SSSR count). The summed E-state index contributed by atoms with van der Waals surface area (Å²) in [6.45, 7) is 2.64. The minimum Gasteiger partial charge on any atom is -0.481 e. The Morgan fingerprint density at radius 1 is 1.33 bits per heavy atom. The van der Waals surface area contributed by atoms with E-state index >= 15 is 0 Å². The number of benzene rings is 1. The van der Waals surface area contributed by atoms with Crippen LogP contribution in [0, 0.1) is 0 Å². The summed E-state index contributed by atoms with van der Waals surface area (Å²) in [7, 11) is 1.54. The standard InChI is InChI=1S/C21H23N3O3/c1-3-6-17-21(15-7-4-5-8-16(15)23-20(21)26)11-12-24(17)19(25)14-9-10-18(27-2)22-13-14/h4-5,7-10,13,17H,3,6,11-12H2,1-2H3,(H,23,26)/t17-,21+/m0/s1. The lowest BCUT2D eigenvalue weighted by Crippen LogP contribution is -2.48. The van der Waals surface area contributed by atoms with E-state index in [-0.39, 0.29) is 17.9 Å². The van der Waals surface area contributed by atoms with E-state index in [0.29, 0.717) is 24.4 Å². The predicted octanol–water partition coefficient (Wildman–Crippen LogP) is 2.99. The van der Waals surface area contributed by atoms with Crippen LogP contribution in [0.3, 0.4) is 0 Å². The molecular formula is C21H23N3O3. The van der Waals surface area contributed by atoms with Crippen LogP contribution >= 0.6 is 0 Å². The van der Waals surface area contributed by atoms with E-state index in [9.17, 15) is 9.59 Å². The summed E-state index contributed by atoms with van der Waals surface area (Å²) in [4.78, 5) is 32.3. The molecule has 2 aliphatic rings. The summed E-state index contributed by atoms with van der Waals surface area (Å²) in [6.07, 6.45) is 3.84. The van der Waals surface area contributed by atoms with E-state index < -0.39 is 5.41 Å². The summed E-state index contributed by atoms with van der Waals surface area (Å²) in [5.74, 6) is 0.390. The molecule has 140 valence electrons. The summed E-state index contributed by atoms with van der Waals surface area (Å²) in [5.41, 5.74) is 1.73. The van der Waals surface area contributed by atoms with Crippen molar-refractivity contribution in [2.45, 2.75) is 37.6 Å². The Balaban J connectivity index is 1.71. The van der Waals surface area contributed by atoms with Gasteiger partial charge in [0.15, 0.2) is 0 Å². The highest BCUT2D eigenvalue weighted by Gasteiger charge is 2.58. The molecule has 1 aromatic heterocycles. The number of ether oxygens (including phenoxy) is 1. The fourth-order valence-corrected chi connectivity index (χ4v) is 4.51. The summed E-state index contributed by atoms with van der Waals surface area (Å²) in [5, 5.41) is 3.03. The molecule has 0 aliphatic carbocycles. The molecule has 1 spiro atoms. The monoisotopic (exact) mass is 365 g/mol. The molecule has 27 heavy (non-hydrogen) atoms. The number of fused-ring (bicyclic) bond motifs is 2. The number of aromatic nitrogens is 1. The Morgan fingerprint density at radius 2 is 2.15 bits per heavy atom. The lowest BCUT2D eigenvalue weighted by molar-refractivity contribution is -0.121. The Morgan fingerprint density at radius 3 is 2.85 bits per heavy atom. The number of rotatable bonds is 4. The molecule has 2 amide bonds. The maximum Gasteiger partial charge on any atom is 0.255 e. The number of hydrogen-bond donors (Lipinski definition) is 1. The van der Waals surface area contributed by atoms with Crippen LogP contribution in [-0.2, 0) is 10.2 Å². The minimum absolute atomic E-state index is 0.00491. The van der Waals surface area contributed by atoms with Crippen molar-refractivity contribution < 1.29 is 14.3 Å². The van der Waals surface area contributed by atoms with Gasteiger partial charge in [-0.3, -0.25) is 9.59 Å². The molecule has 2 aromatic rings. The molecule has 1 fully saturated rings. The summed E-state index contributed by atoms with van der Waals surface area (Å²) in [6, 6.07) is 11.1. The van der Waals surface area contributed by atoms with Gasteiger partial charge < -0.3 is 15.0 Å². The van der Waals surface area contributed by atoms with Crippen LogP contribution in [0.15, 0.2) is 42.6 Å². The zero-order valence-corrected chi connectivity index (χ0v) is 15.6. The number of carbonyl (C=O) groups excluding carboxylic acids is 2. The molecule has 6 nitrogen and oxygen atoms in total. The van der Waals surface area contributed by atoms with Gasteiger partial charge in [0.05, 0.1) is 24.1 Å². The number of nitrogens with one attached hydrogen (secondary N) is 1. The van der Waals surface area contributed by atoms with E-state index in [1.807, 2.05) is 29.2 Å². The van der Waals surface area contributed by atoms with Gasteiger partial charge in [-0.25, -0.2) is 4.98 Å². The van der Waals surface area contributed by atoms with Crippen LogP contribution in [0.2, 0.25) is 0 Å². The number of nitrogens with zero attached hydrogens (tertiary/aromatic N) is 2. The molecule has 0 unspecified atom stereocenters. The number of likely N-dealkylation sites (tertiary alicyclic amines) is 1. The van der Waals surface area contributed by atoms with Crippen molar-refractivity contribution in [3.63, 3.8) is 0 Å². The predicted molar refractivity (Wildman–Crippen MR) is 102 cm³/mol. The second-order valence-corrected chi connectivity index (χ2v) is 7.11. The van der Waals surface area contributed by atoms with Crippen LogP contribution in [0.1, 0.15) is 42.1 Å². The lowest BCUT2D eigenvalue weighted by atomic mass is 9.73. The Labute approximate surface area is 158 Å². The second-order valence-electron chi connectivity index (χ2n) is 7.11. The molecule has 3 heterocycles. The number of pyridine rings is 1. The van der Waals surface area contributed by atoms with E-state index in [0.717, 1.165) is 24.1 Å². The highest BCUT2D eigenvalue weighted by molar-refractivity contribution is 6.08. The van der Waals surface area contributed by atoms with Crippen LogP contribution < -0.4 is 10.1 Å². The number of para-hydroxylation sites is 1. The fourth-order valence-electron chi connectivity index (χ4n) is 4.51. The van der Waals surface area contributed by atoms with Gasteiger partial charge >= 0.3 is 0 Å². The number of hydrogen-bond acceptors (Lipinski definition) is 4. The molecule has 0 bridgehead atoms.